The van der Waals surface area contributed by atoms with Crippen LogP contribution in [0.15, 0.2) is 30.3 Å². The molecule has 0 amide bonds. The first-order chi connectivity index (χ1) is 13.2. The largest absolute Gasteiger partial charge is 0.295 e. The van der Waals surface area contributed by atoms with E-state index in [0.29, 0.717) is 0 Å². The van der Waals surface area contributed by atoms with Crippen LogP contribution in [-0.4, -0.2) is 5.78 Å². The lowest BCUT2D eigenvalue weighted by Gasteiger charge is -2.30. The molecule has 148 valence electrons. The van der Waals surface area contributed by atoms with E-state index in [1.54, 1.807) is 12.1 Å². The average Bonchev–Trinajstić information content (AvgIpc) is 2.69. The number of halogens is 1. The molecule has 0 spiro atoms. The van der Waals surface area contributed by atoms with E-state index in [-0.39, 0.29) is 17.5 Å². The van der Waals surface area contributed by atoms with Crippen LogP contribution in [0.25, 0.3) is 5.57 Å². The molecular weight excluding hydrogens is 335 g/mol. The van der Waals surface area contributed by atoms with Crippen molar-refractivity contribution >= 4 is 11.4 Å². The predicted octanol–water partition coefficient (Wildman–Crippen LogP) is 7.36. The van der Waals surface area contributed by atoms with E-state index in [0.717, 1.165) is 42.2 Å². The highest BCUT2D eigenvalue weighted by Gasteiger charge is 2.26. The van der Waals surface area contributed by atoms with Gasteiger partial charge in [-0.1, -0.05) is 70.4 Å². The van der Waals surface area contributed by atoms with Crippen molar-refractivity contribution in [1.82, 2.24) is 0 Å². The minimum absolute atomic E-state index is 0.205. The molecule has 0 bridgehead atoms. The van der Waals surface area contributed by atoms with Crippen LogP contribution in [0.5, 0.6) is 0 Å². The fourth-order valence-electron chi connectivity index (χ4n) is 4.94. The van der Waals surface area contributed by atoms with Crippen LogP contribution in [0.3, 0.4) is 0 Å². The molecule has 2 aliphatic rings. The molecule has 1 saturated carbocycles. The summed E-state index contributed by atoms with van der Waals surface area (Å²) < 4.78 is 13.1. The summed E-state index contributed by atoms with van der Waals surface area (Å²) in [5, 5.41) is 0. The standard InChI is InChI=1S/C25H35FO/c1-2-3-4-5-19-6-8-20(9-7-19)10-11-22-12-13-23(18-25(22)27)21-14-16-24(26)17-15-21/h14-20,22H,2-13H2,1H3. The Balaban J connectivity index is 1.41. The number of allylic oxidation sites excluding steroid dienone is 2. The Bertz CT molecular complexity index is 622. The highest BCUT2D eigenvalue weighted by atomic mass is 19.1. The van der Waals surface area contributed by atoms with Crippen molar-refractivity contribution in [2.45, 2.75) is 84.0 Å². The molecule has 0 N–H and O–H groups in total. The van der Waals surface area contributed by atoms with Crippen LogP contribution in [0, 0.1) is 23.6 Å². The molecule has 2 heteroatoms. The smallest absolute Gasteiger partial charge is 0.159 e. The van der Waals surface area contributed by atoms with Gasteiger partial charge in [0.15, 0.2) is 5.78 Å². The number of carbonyl (C=O) groups excluding carboxylic acids is 1. The van der Waals surface area contributed by atoms with Gasteiger partial charge >= 0.3 is 0 Å². The van der Waals surface area contributed by atoms with Crippen molar-refractivity contribution in [3.63, 3.8) is 0 Å². The Hall–Kier alpha value is -1.44. The first-order valence-corrected chi connectivity index (χ1v) is 11.2. The highest BCUT2D eigenvalue weighted by Crippen LogP contribution is 2.37. The fraction of sp³-hybridized carbons (Fsp3) is 0.640. The number of carbonyl (C=O) groups is 1. The van der Waals surface area contributed by atoms with Gasteiger partial charge in [-0.3, -0.25) is 4.79 Å². The van der Waals surface area contributed by atoms with E-state index in [1.165, 1.54) is 69.9 Å². The van der Waals surface area contributed by atoms with Gasteiger partial charge in [0.1, 0.15) is 5.82 Å². The molecule has 2 aliphatic carbocycles. The summed E-state index contributed by atoms with van der Waals surface area (Å²) in [7, 11) is 0. The van der Waals surface area contributed by atoms with E-state index >= 15 is 0 Å². The molecule has 0 radical (unpaired) electrons. The number of unbranched alkanes of at least 4 members (excludes halogenated alkanes) is 2. The third-order valence-electron chi connectivity index (χ3n) is 6.80. The molecule has 1 aromatic carbocycles. The van der Waals surface area contributed by atoms with Gasteiger partial charge in [0, 0.05) is 5.92 Å². The quantitative estimate of drug-likeness (QED) is 0.437. The molecular formula is C25H35FO. The van der Waals surface area contributed by atoms with Gasteiger partial charge in [-0.2, -0.15) is 0 Å². The molecule has 1 unspecified atom stereocenters. The van der Waals surface area contributed by atoms with E-state index in [4.69, 9.17) is 0 Å². The van der Waals surface area contributed by atoms with E-state index in [9.17, 15) is 9.18 Å². The average molecular weight is 371 g/mol. The van der Waals surface area contributed by atoms with Gasteiger partial charge in [0.2, 0.25) is 0 Å². The Morgan fingerprint density at radius 3 is 2.19 bits per heavy atom. The summed E-state index contributed by atoms with van der Waals surface area (Å²) in [6.45, 7) is 2.28. The van der Waals surface area contributed by atoms with E-state index < -0.39 is 0 Å². The van der Waals surface area contributed by atoms with E-state index in [2.05, 4.69) is 6.92 Å². The van der Waals surface area contributed by atoms with Crippen molar-refractivity contribution < 1.29 is 9.18 Å². The monoisotopic (exact) mass is 370 g/mol. The Morgan fingerprint density at radius 2 is 1.56 bits per heavy atom. The van der Waals surface area contributed by atoms with Crippen molar-refractivity contribution in [1.29, 1.82) is 0 Å². The summed E-state index contributed by atoms with van der Waals surface area (Å²) in [4.78, 5) is 12.6. The second-order valence-corrected chi connectivity index (χ2v) is 8.77. The highest BCUT2D eigenvalue weighted by molar-refractivity contribution is 5.99. The summed E-state index contributed by atoms with van der Waals surface area (Å²) in [5.41, 5.74) is 2.06. The molecule has 27 heavy (non-hydrogen) atoms. The third-order valence-corrected chi connectivity index (χ3v) is 6.80. The van der Waals surface area contributed by atoms with Crippen molar-refractivity contribution in [2.75, 3.05) is 0 Å². The van der Waals surface area contributed by atoms with Crippen LogP contribution in [0.1, 0.15) is 89.5 Å². The van der Waals surface area contributed by atoms with Gasteiger partial charge in [-0.15, -0.1) is 0 Å². The lowest BCUT2D eigenvalue weighted by molar-refractivity contribution is -0.118. The summed E-state index contributed by atoms with van der Waals surface area (Å²) >= 11 is 0. The maximum Gasteiger partial charge on any atom is 0.159 e. The lowest BCUT2D eigenvalue weighted by Crippen LogP contribution is -2.20. The van der Waals surface area contributed by atoms with Gasteiger partial charge in [0.05, 0.1) is 0 Å². The predicted molar refractivity (Wildman–Crippen MR) is 111 cm³/mol. The fourth-order valence-corrected chi connectivity index (χ4v) is 4.94. The van der Waals surface area contributed by atoms with Crippen molar-refractivity contribution in [3.05, 3.63) is 41.7 Å². The normalized spacial score (nSPS) is 26.1. The molecule has 0 aliphatic heterocycles. The molecule has 0 heterocycles. The van der Waals surface area contributed by atoms with Gasteiger partial charge in [-0.05, 0) is 66.9 Å². The number of hydrogen-bond donors (Lipinski definition) is 0. The lowest BCUT2D eigenvalue weighted by atomic mass is 9.75. The first-order valence-electron chi connectivity index (χ1n) is 11.2. The van der Waals surface area contributed by atoms with Gasteiger partial charge in [-0.25, -0.2) is 4.39 Å². The third kappa shape index (κ3) is 6.02. The molecule has 0 aromatic heterocycles. The molecule has 1 nitrogen and oxygen atoms in total. The van der Waals surface area contributed by atoms with E-state index in [1.807, 2.05) is 6.08 Å². The Kier molecular flexibility index (Phi) is 7.67. The van der Waals surface area contributed by atoms with Crippen LogP contribution in [0.2, 0.25) is 0 Å². The minimum atomic E-state index is -0.223. The Morgan fingerprint density at radius 1 is 0.889 bits per heavy atom. The molecule has 1 fully saturated rings. The maximum absolute atomic E-state index is 13.1. The second kappa shape index (κ2) is 10.2. The van der Waals surface area contributed by atoms with Crippen LogP contribution in [-0.2, 0) is 4.79 Å². The molecule has 1 atom stereocenters. The summed E-state index contributed by atoms with van der Waals surface area (Å²) in [5.74, 6) is 2.07. The summed E-state index contributed by atoms with van der Waals surface area (Å²) in [6, 6.07) is 6.53. The van der Waals surface area contributed by atoms with Crippen LogP contribution >= 0.6 is 0 Å². The summed E-state index contributed by atoms with van der Waals surface area (Å²) in [6.07, 6.45) is 17.1. The van der Waals surface area contributed by atoms with Crippen LogP contribution in [0.4, 0.5) is 4.39 Å². The zero-order valence-corrected chi connectivity index (χ0v) is 16.9. The number of rotatable bonds is 8. The van der Waals surface area contributed by atoms with Gasteiger partial charge < -0.3 is 0 Å². The maximum atomic E-state index is 13.1. The zero-order chi connectivity index (χ0) is 19.1. The van der Waals surface area contributed by atoms with Crippen LogP contribution < -0.4 is 0 Å². The SMILES string of the molecule is CCCCCC1CCC(CCC2CCC(c3ccc(F)cc3)=CC2=O)CC1. The first kappa shape index (κ1) is 20.3. The molecule has 1 aromatic rings. The van der Waals surface area contributed by atoms with Gasteiger partial charge in [0.25, 0.3) is 0 Å². The number of hydrogen-bond acceptors (Lipinski definition) is 1. The number of ketones is 1. The zero-order valence-electron chi connectivity index (χ0n) is 16.9. The number of benzene rings is 1. The Labute approximate surface area is 164 Å². The molecule has 0 saturated heterocycles. The molecule has 3 rings (SSSR count). The minimum Gasteiger partial charge on any atom is -0.295 e. The van der Waals surface area contributed by atoms with Crippen molar-refractivity contribution in [3.8, 4) is 0 Å². The topological polar surface area (TPSA) is 17.1 Å². The second-order valence-electron chi connectivity index (χ2n) is 8.77. The van der Waals surface area contributed by atoms with Crippen molar-refractivity contribution in [2.24, 2.45) is 17.8 Å².